The number of ether oxygens (including phenoxy) is 1. The van der Waals surface area contributed by atoms with Gasteiger partial charge in [0.25, 0.3) is 0 Å². The van der Waals surface area contributed by atoms with E-state index in [4.69, 9.17) is 9.84 Å². The van der Waals surface area contributed by atoms with Gasteiger partial charge in [0.1, 0.15) is 5.75 Å². The smallest absolute Gasteiger partial charge is 0.307 e. The molecule has 0 radical (unpaired) electrons. The van der Waals surface area contributed by atoms with Crippen LogP contribution in [-0.2, 0) is 9.59 Å². The molecule has 114 valence electrons. The van der Waals surface area contributed by atoms with Crippen LogP contribution in [-0.4, -0.2) is 24.1 Å². The van der Waals surface area contributed by atoms with E-state index in [9.17, 15) is 9.59 Å². The third kappa shape index (κ3) is 2.86. The number of hydrogen-bond acceptors (Lipinski definition) is 3. The number of benzene rings is 1. The number of hydrogen-bond donors (Lipinski definition) is 2. The fraction of sp³-hybridized carbons (Fsp3) is 0.500. The van der Waals surface area contributed by atoms with E-state index in [1.807, 2.05) is 45.0 Å². The molecule has 3 atom stereocenters. The van der Waals surface area contributed by atoms with Gasteiger partial charge in [0.2, 0.25) is 5.91 Å². The zero-order chi connectivity index (χ0) is 15.8. The minimum atomic E-state index is -0.905. The normalized spacial score (nSPS) is 24.0. The molecule has 0 spiro atoms. The van der Waals surface area contributed by atoms with Crippen molar-refractivity contribution in [2.45, 2.75) is 26.8 Å². The first kappa shape index (κ1) is 15.4. The number of rotatable bonds is 5. The standard InChI is InChI=1S/C16H21NO4/c1-9(10-5-7-11(21-4)8-6-10)17-14(18)12-13(15(19)20)16(12,2)3/h5-9,12-13H,1-4H3,(H,17,18)(H,19,20)/t9-,12?,13?/m1/s1. The molecule has 1 fully saturated rings. The SMILES string of the molecule is COc1ccc([C@@H](C)NC(=O)C2C(C(=O)O)C2(C)C)cc1. The molecule has 21 heavy (non-hydrogen) atoms. The lowest BCUT2D eigenvalue weighted by atomic mass is 10.1. The molecule has 1 aromatic carbocycles. The maximum absolute atomic E-state index is 12.2. The van der Waals surface area contributed by atoms with Gasteiger partial charge in [0.15, 0.2) is 0 Å². The summed E-state index contributed by atoms with van der Waals surface area (Å²) in [6.07, 6.45) is 0. The Hall–Kier alpha value is -2.04. The van der Waals surface area contributed by atoms with Crippen LogP contribution < -0.4 is 10.1 Å². The number of carbonyl (C=O) groups excluding carboxylic acids is 1. The summed E-state index contributed by atoms with van der Waals surface area (Å²) < 4.78 is 5.09. The van der Waals surface area contributed by atoms with Crippen LogP contribution in [0.3, 0.4) is 0 Å². The lowest BCUT2D eigenvalue weighted by Gasteiger charge is -2.15. The molecule has 1 aliphatic rings. The van der Waals surface area contributed by atoms with Crippen molar-refractivity contribution in [3.05, 3.63) is 29.8 Å². The Morgan fingerprint density at radius 2 is 1.81 bits per heavy atom. The number of carboxylic acid groups (broad SMARTS) is 1. The molecular formula is C16H21NO4. The van der Waals surface area contributed by atoms with Crippen LogP contribution in [0.4, 0.5) is 0 Å². The summed E-state index contributed by atoms with van der Waals surface area (Å²) in [5.74, 6) is -1.41. The van der Waals surface area contributed by atoms with E-state index in [-0.39, 0.29) is 11.9 Å². The number of aliphatic carboxylic acids is 1. The summed E-state index contributed by atoms with van der Waals surface area (Å²) in [7, 11) is 1.60. The van der Waals surface area contributed by atoms with Crippen molar-refractivity contribution in [3.8, 4) is 5.75 Å². The fourth-order valence-electron chi connectivity index (χ4n) is 2.87. The van der Waals surface area contributed by atoms with Crippen LogP contribution in [0, 0.1) is 17.3 Å². The first-order valence-corrected chi connectivity index (χ1v) is 6.96. The van der Waals surface area contributed by atoms with E-state index >= 15 is 0 Å². The Balaban J connectivity index is 2.01. The highest BCUT2D eigenvalue weighted by molar-refractivity contribution is 5.91. The summed E-state index contributed by atoms with van der Waals surface area (Å²) in [4.78, 5) is 23.4. The summed E-state index contributed by atoms with van der Waals surface area (Å²) >= 11 is 0. The van der Waals surface area contributed by atoms with Crippen LogP contribution in [0.15, 0.2) is 24.3 Å². The third-order valence-electron chi connectivity index (χ3n) is 4.35. The maximum Gasteiger partial charge on any atom is 0.307 e. The van der Waals surface area contributed by atoms with Crippen LogP contribution in [0.5, 0.6) is 5.75 Å². The highest BCUT2D eigenvalue weighted by atomic mass is 16.5. The van der Waals surface area contributed by atoms with Crippen LogP contribution in [0.25, 0.3) is 0 Å². The van der Waals surface area contributed by atoms with Gasteiger partial charge < -0.3 is 15.2 Å². The Labute approximate surface area is 124 Å². The van der Waals surface area contributed by atoms with Crippen LogP contribution >= 0.6 is 0 Å². The van der Waals surface area contributed by atoms with Crippen molar-refractivity contribution in [2.75, 3.05) is 7.11 Å². The molecule has 0 bridgehead atoms. The average Bonchev–Trinajstić information content (AvgIpc) is 3.02. The Bertz CT molecular complexity index is 550. The van der Waals surface area contributed by atoms with E-state index in [1.54, 1.807) is 7.11 Å². The molecule has 2 unspecified atom stereocenters. The Morgan fingerprint density at radius 1 is 1.24 bits per heavy atom. The average molecular weight is 291 g/mol. The molecule has 1 amide bonds. The molecule has 2 rings (SSSR count). The second-order valence-electron chi connectivity index (χ2n) is 6.12. The maximum atomic E-state index is 12.2. The van der Waals surface area contributed by atoms with Crippen LogP contribution in [0.2, 0.25) is 0 Å². The molecule has 0 saturated heterocycles. The summed E-state index contributed by atoms with van der Waals surface area (Å²) in [5, 5.41) is 12.0. The van der Waals surface area contributed by atoms with Gasteiger partial charge in [0, 0.05) is 0 Å². The minimum absolute atomic E-state index is 0.172. The molecule has 0 heterocycles. The minimum Gasteiger partial charge on any atom is -0.497 e. The first-order chi connectivity index (χ1) is 9.78. The van der Waals surface area contributed by atoms with Crippen molar-refractivity contribution >= 4 is 11.9 Å². The Kier molecular flexibility index (Phi) is 3.94. The van der Waals surface area contributed by atoms with Gasteiger partial charge in [-0.05, 0) is 30.0 Å². The summed E-state index contributed by atoms with van der Waals surface area (Å²) in [6.45, 7) is 5.51. The molecule has 1 aliphatic carbocycles. The van der Waals surface area contributed by atoms with E-state index in [2.05, 4.69) is 5.32 Å². The second kappa shape index (κ2) is 5.39. The largest absolute Gasteiger partial charge is 0.497 e. The molecule has 5 heteroatoms. The van der Waals surface area contributed by atoms with Gasteiger partial charge in [-0.3, -0.25) is 9.59 Å². The van der Waals surface area contributed by atoms with E-state index in [0.29, 0.717) is 0 Å². The molecule has 0 aliphatic heterocycles. The number of amides is 1. The van der Waals surface area contributed by atoms with Crippen molar-refractivity contribution in [3.63, 3.8) is 0 Å². The van der Waals surface area contributed by atoms with Gasteiger partial charge in [-0.25, -0.2) is 0 Å². The van der Waals surface area contributed by atoms with Gasteiger partial charge in [0.05, 0.1) is 25.0 Å². The summed E-state index contributed by atoms with van der Waals surface area (Å²) in [5.41, 5.74) is 0.477. The molecule has 2 N–H and O–H groups in total. The third-order valence-corrected chi connectivity index (χ3v) is 4.35. The molecule has 1 saturated carbocycles. The van der Waals surface area contributed by atoms with E-state index in [1.165, 1.54) is 0 Å². The molecule has 0 aromatic heterocycles. The predicted octanol–water partition coefficient (Wildman–Crippen LogP) is 2.23. The van der Waals surface area contributed by atoms with Gasteiger partial charge in [-0.1, -0.05) is 26.0 Å². The zero-order valence-corrected chi connectivity index (χ0v) is 12.7. The monoisotopic (exact) mass is 291 g/mol. The number of nitrogens with one attached hydrogen (secondary N) is 1. The number of methoxy groups -OCH3 is 1. The zero-order valence-electron chi connectivity index (χ0n) is 12.7. The Morgan fingerprint density at radius 3 is 2.24 bits per heavy atom. The van der Waals surface area contributed by atoms with Crippen molar-refractivity contribution in [1.82, 2.24) is 5.32 Å². The quantitative estimate of drug-likeness (QED) is 0.872. The lowest BCUT2D eigenvalue weighted by molar-refractivity contribution is -0.140. The molecule has 1 aromatic rings. The lowest BCUT2D eigenvalue weighted by Crippen LogP contribution is -2.30. The summed E-state index contributed by atoms with van der Waals surface area (Å²) in [6, 6.07) is 7.26. The number of carbonyl (C=O) groups is 2. The van der Waals surface area contributed by atoms with Gasteiger partial charge in [-0.15, -0.1) is 0 Å². The topological polar surface area (TPSA) is 75.6 Å². The van der Waals surface area contributed by atoms with E-state index in [0.717, 1.165) is 11.3 Å². The highest BCUT2D eigenvalue weighted by Crippen LogP contribution is 2.58. The highest BCUT2D eigenvalue weighted by Gasteiger charge is 2.65. The predicted molar refractivity (Wildman–Crippen MR) is 77.9 cm³/mol. The van der Waals surface area contributed by atoms with Crippen molar-refractivity contribution in [2.24, 2.45) is 17.3 Å². The molecular weight excluding hydrogens is 270 g/mol. The first-order valence-electron chi connectivity index (χ1n) is 6.96. The van der Waals surface area contributed by atoms with Gasteiger partial charge in [-0.2, -0.15) is 0 Å². The molecule has 5 nitrogen and oxygen atoms in total. The second-order valence-corrected chi connectivity index (χ2v) is 6.12. The van der Waals surface area contributed by atoms with Crippen LogP contribution in [0.1, 0.15) is 32.4 Å². The van der Waals surface area contributed by atoms with Crippen molar-refractivity contribution in [1.29, 1.82) is 0 Å². The fourth-order valence-corrected chi connectivity index (χ4v) is 2.87. The van der Waals surface area contributed by atoms with E-state index < -0.39 is 23.2 Å². The number of carboxylic acids is 1. The van der Waals surface area contributed by atoms with Crippen molar-refractivity contribution < 1.29 is 19.4 Å². The van der Waals surface area contributed by atoms with Gasteiger partial charge >= 0.3 is 5.97 Å².